The number of carbonyl (C=O) groups excluding carboxylic acids is 1. The van der Waals surface area contributed by atoms with Crippen molar-refractivity contribution in [1.82, 2.24) is 4.57 Å². The average Bonchev–Trinajstić information content (AvgIpc) is 2.96. The number of ketones is 1. The second kappa shape index (κ2) is 6.96. The fraction of sp³-hybridized carbons (Fsp3) is 0.400. The van der Waals surface area contributed by atoms with Gasteiger partial charge in [0.15, 0.2) is 9.84 Å². The molecule has 7 heteroatoms. The summed E-state index contributed by atoms with van der Waals surface area (Å²) in [5.74, 6) is -1.70. The number of carboxylic acid groups (broad SMARTS) is 1. The number of hydrogen-bond acceptors (Lipinski definition) is 4. The molecule has 1 atom stereocenters. The third-order valence-corrected chi connectivity index (χ3v) is 7.30. The molecule has 27 heavy (non-hydrogen) atoms. The molecule has 0 saturated heterocycles. The van der Waals surface area contributed by atoms with Gasteiger partial charge in [-0.1, -0.05) is 0 Å². The molecule has 1 aliphatic heterocycles. The second-order valence-corrected chi connectivity index (χ2v) is 9.74. The number of carbonyl (C=O) groups is 2. The van der Waals surface area contributed by atoms with Gasteiger partial charge in [0.1, 0.15) is 0 Å². The molecule has 144 valence electrons. The van der Waals surface area contributed by atoms with E-state index in [0.29, 0.717) is 36.3 Å². The molecule has 1 unspecified atom stereocenters. The van der Waals surface area contributed by atoms with E-state index in [0.717, 1.165) is 5.56 Å². The summed E-state index contributed by atoms with van der Waals surface area (Å²) in [7, 11) is -3.39. The number of carboxylic acids is 1. The Kier molecular flexibility index (Phi) is 4.99. The predicted octanol–water partition coefficient (Wildman–Crippen LogP) is 3.17. The second-order valence-electron chi connectivity index (χ2n) is 7.23. The highest BCUT2D eigenvalue weighted by Gasteiger charge is 2.31. The van der Waals surface area contributed by atoms with Crippen LogP contribution < -0.4 is 0 Å². The Hall–Kier alpha value is -2.41. The van der Waals surface area contributed by atoms with Gasteiger partial charge in [-0.2, -0.15) is 0 Å². The lowest BCUT2D eigenvalue weighted by Gasteiger charge is -2.23. The number of nitrogens with zero attached hydrogens (tertiary/aromatic N) is 1. The van der Waals surface area contributed by atoms with E-state index in [9.17, 15) is 23.1 Å². The van der Waals surface area contributed by atoms with E-state index in [1.807, 2.05) is 0 Å². The average molecular weight is 389 g/mol. The Morgan fingerprint density at radius 3 is 2.37 bits per heavy atom. The highest BCUT2D eigenvalue weighted by atomic mass is 32.2. The van der Waals surface area contributed by atoms with Crippen molar-refractivity contribution in [3.8, 4) is 0 Å². The summed E-state index contributed by atoms with van der Waals surface area (Å²) in [4.78, 5) is 24.8. The van der Waals surface area contributed by atoms with Crippen LogP contribution in [0.3, 0.4) is 0 Å². The molecule has 2 heterocycles. The molecule has 6 nitrogen and oxygen atoms in total. The largest absolute Gasteiger partial charge is 0.481 e. The quantitative estimate of drug-likeness (QED) is 0.793. The monoisotopic (exact) mass is 389 g/mol. The zero-order chi connectivity index (χ0) is 19.9. The number of aliphatic carboxylic acids is 1. The normalized spacial score (nSPS) is 17.0. The fourth-order valence-electron chi connectivity index (χ4n) is 3.60. The fourth-order valence-corrected chi connectivity index (χ4v) is 4.66. The minimum Gasteiger partial charge on any atom is -0.481 e. The van der Waals surface area contributed by atoms with E-state index in [-0.39, 0.29) is 10.7 Å². The lowest BCUT2D eigenvalue weighted by Crippen LogP contribution is -2.24. The maximum Gasteiger partial charge on any atom is 0.312 e. The maximum atomic E-state index is 13.1. The van der Waals surface area contributed by atoms with Gasteiger partial charge in [0.2, 0.25) is 5.78 Å². The number of hydrogen-bond donors (Lipinski definition) is 1. The van der Waals surface area contributed by atoms with Crippen LogP contribution in [0.4, 0.5) is 0 Å². The van der Waals surface area contributed by atoms with Crippen LogP contribution >= 0.6 is 0 Å². The van der Waals surface area contributed by atoms with Crippen LogP contribution in [0.25, 0.3) is 0 Å². The van der Waals surface area contributed by atoms with Crippen molar-refractivity contribution in [2.75, 3.05) is 0 Å². The zero-order valence-electron chi connectivity index (χ0n) is 15.6. The summed E-state index contributed by atoms with van der Waals surface area (Å²) in [6.07, 6.45) is 1.26. The Morgan fingerprint density at radius 1 is 1.19 bits per heavy atom. The van der Waals surface area contributed by atoms with Crippen LogP contribution in [0.2, 0.25) is 0 Å². The number of aryl methyl sites for hydroxylation is 1. The molecule has 3 rings (SSSR count). The summed E-state index contributed by atoms with van der Waals surface area (Å²) in [5, 5.41) is 8.90. The van der Waals surface area contributed by atoms with Crippen LogP contribution in [0.1, 0.15) is 59.9 Å². The van der Waals surface area contributed by atoms with Gasteiger partial charge in [-0.25, -0.2) is 8.42 Å². The summed E-state index contributed by atoms with van der Waals surface area (Å²) in [6, 6.07) is 7.74. The number of sulfone groups is 1. The molecular formula is C20H23NO5S. The summed E-state index contributed by atoms with van der Waals surface area (Å²) in [5.41, 5.74) is 2.27. The predicted molar refractivity (Wildman–Crippen MR) is 101 cm³/mol. The third-order valence-electron chi connectivity index (χ3n) is 5.13. The van der Waals surface area contributed by atoms with E-state index in [1.165, 1.54) is 24.3 Å². The van der Waals surface area contributed by atoms with Gasteiger partial charge in [0, 0.05) is 17.8 Å². The number of aromatic nitrogens is 1. The molecule has 0 aliphatic carbocycles. The highest BCUT2D eigenvalue weighted by molar-refractivity contribution is 7.92. The topological polar surface area (TPSA) is 93.4 Å². The van der Waals surface area contributed by atoms with Crippen molar-refractivity contribution < 1.29 is 23.1 Å². The summed E-state index contributed by atoms with van der Waals surface area (Å²) >= 11 is 0. The van der Waals surface area contributed by atoms with E-state index in [1.54, 1.807) is 31.4 Å². The standard InChI is InChI=1S/C20H23NO5S/c1-12(2)27(25,26)15-8-6-14(7-9-15)19(22)18-13(3)11-17-16(20(23)24)5-4-10-21(17)18/h6-9,11-12,16H,4-5,10H2,1-3H3,(H,23,24). The van der Waals surface area contributed by atoms with Crippen LogP contribution in [0.5, 0.6) is 0 Å². The van der Waals surface area contributed by atoms with Gasteiger partial charge in [-0.05, 0) is 69.5 Å². The van der Waals surface area contributed by atoms with Gasteiger partial charge >= 0.3 is 5.97 Å². The van der Waals surface area contributed by atoms with Crippen LogP contribution in [-0.4, -0.2) is 35.1 Å². The Morgan fingerprint density at radius 2 is 1.81 bits per heavy atom. The number of fused-ring (bicyclic) bond motifs is 1. The van der Waals surface area contributed by atoms with Crippen molar-refractivity contribution in [3.05, 3.63) is 52.8 Å². The molecule has 0 bridgehead atoms. The Balaban J connectivity index is 1.99. The molecule has 2 aromatic rings. The van der Waals surface area contributed by atoms with Crippen molar-refractivity contribution >= 4 is 21.6 Å². The first-order valence-corrected chi connectivity index (χ1v) is 10.5. The molecule has 1 aliphatic rings. The molecule has 1 aromatic carbocycles. The highest BCUT2D eigenvalue weighted by Crippen LogP contribution is 2.32. The van der Waals surface area contributed by atoms with Crippen LogP contribution in [0, 0.1) is 6.92 Å². The van der Waals surface area contributed by atoms with E-state index in [4.69, 9.17) is 0 Å². The van der Waals surface area contributed by atoms with Gasteiger partial charge < -0.3 is 9.67 Å². The van der Waals surface area contributed by atoms with E-state index < -0.39 is 27.0 Å². The molecule has 0 spiro atoms. The van der Waals surface area contributed by atoms with Crippen LogP contribution in [0.15, 0.2) is 35.2 Å². The molecular weight excluding hydrogens is 366 g/mol. The van der Waals surface area contributed by atoms with Crippen molar-refractivity contribution in [1.29, 1.82) is 0 Å². The van der Waals surface area contributed by atoms with E-state index in [2.05, 4.69) is 0 Å². The number of benzene rings is 1. The minimum absolute atomic E-state index is 0.189. The minimum atomic E-state index is -3.39. The molecule has 0 saturated carbocycles. The molecule has 1 aromatic heterocycles. The smallest absolute Gasteiger partial charge is 0.312 e. The zero-order valence-corrected chi connectivity index (χ0v) is 16.4. The van der Waals surface area contributed by atoms with Gasteiger partial charge in [0.05, 0.1) is 21.8 Å². The van der Waals surface area contributed by atoms with E-state index >= 15 is 0 Å². The van der Waals surface area contributed by atoms with Crippen molar-refractivity contribution in [3.63, 3.8) is 0 Å². The first kappa shape index (κ1) is 19.4. The lowest BCUT2D eigenvalue weighted by molar-refractivity contribution is -0.139. The third kappa shape index (κ3) is 3.32. The van der Waals surface area contributed by atoms with Gasteiger partial charge in [0.25, 0.3) is 0 Å². The number of rotatable bonds is 5. The Labute approximate surface area is 158 Å². The summed E-state index contributed by atoms with van der Waals surface area (Å²) in [6.45, 7) is 5.63. The Bertz CT molecular complexity index is 1000. The molecule has 1 N–H and O–H groups in total. The SMILES string of the molecule is Cc1cc2n(c1C(=O)c1ccc(S(=O)(=O)C(C)C)cc1)CCCC2C(=O)O. The maximum absolute atomic E-state index is 13.1. The first-order valence-electron chi connectivity index (χ1n) is 8.96. The molecule has 0 radical (unpaired) electrons. The lowest BCUT2D eigenvalue weighted by atomic mass is 9.96. The van der Waals surface area contributed by atoms with Crippen molar-refractivity contribution in [2.45, 2.75) is 56.2 Å². The first-order chi connectivity index (χ1) is 12.6. The van der Waals surface area contributed by atoms with Crippen molar-refractivity contribution in [2.24, 2.45) is 0 Å². The van der Waals surface area contributed by atoms with Gasteiger partial charge in [-0.15, -0.1) is 0 Å². The molecule has 0 fully saturated rings. The summed E-state index contributed by atoms with van der Waals surface area (Å²) < 4.78 is 26.3. The van der Waals surface area contributed by atoms with Gasteiger partial charge in [-0.3, -0.25) is 9.59 Å². The molecule has 0 amide bonds. The van der Waals surface area contributed by atoms with Crippen LogP contribution in [-0.2, 0) is 21.2 Å².